The number of anilines is 2. The standard InChI is InChI=1S/C34H32N2O4/c1-3-35(4-2)26-16-14-24(15-17-26)34(39)40-28-20-25-10-7-11-29-31(25)30(21-28)33(38)36(32(29)37)27-18-12-23(13-19-27)22-8-5-6-9-22/h7,10-22H,3-6,8-9H2,1-2H3. The van der Waals surface area contributed by atoms with Crippen LogP contribution in [0.15, 0.2) is 78.9 Å². The Balaban J connectivity index is 1.31. The lowest BCUT2D eigenvalue weighted by atomic mass is 9.93. The van der Waals surface area contributed by atoms with Gasteiger partial charge in [0.05, 0.1) is 16.8 Å². The summed E-state index contributed by atoms with van der Waals surface area (Å²) in [5.74, 6) is -0.482. The van der Waals surface area contributed by atoms with E-state index in [1.165, 1.54) is 36.1 Å². The highest BCUT2D eigenvalue weighted by Crippen LogP contribution is 2.38. The van der Waals surface area contributed by atoms with Gasteiger partial charge < -0.3 is 9.64 Å². The van der Waals surface area contributed by atoms with Crippen LogP contribution in [-0.4, -0.2) is 30.9 Å². The summed E-state index contributed by atoms with van der Waals surface area (Å²) in [7, 11) is 0. The predicted octanol–water partition coefficient (Wildman–Crippen LogP) is 7.36. The summed E-state index contributed by atoms with van der Waals surface area (Å²) < 4.78 is 5.75. The second kappa shape index (κ2) is 10.6. The lowest BCUT2D eigenvalue weighted by Crippen LogP contribution is -2.40. The highest BCUT2D eigenvalue weighted by Gasteiger charge is 2.35. The number of rotatable bonds is 7. The third-order valence-electron chi connectivity index (χ3n) is 8.24. The summed E-state index contributed by atoms with van der Waals surface area (Å²) in [4.78, 5) is 43.8. The average Bonchev–Trinajstić information content (AvgIpc) is 3.52. The monoisotopic (exact) mass is 532 g/mol. The zero-order valence-corrected chi connectivity index (χ0v) is 22.9. The maximum atomic E-state index is 13.8. The number of hydrogen-bond donors (Lipinski definition) is 0. The fraction of sp³-hybridized carbons (Fsp3) is 0.265. The molecule has 4 aromatic rings. The molecule has 2 amide bonds. The van der Waals surface area contributed by atoms with Gasteiger partial charge in [-0.05, 0) is 98.2 Å². The van der Waals surface area contributed by atoms with Crippen LogP contribution in [0.5, 0.6) is 5.75 Å². The minimum atomic E-state index is -0.507. The van der Waals surface area contributed by atoms with Crippen LogP contribution in [0.1, 0.15) is 82.1 Å². The number of hydrogen-bond acceptors (Lipinski definition) is 5. The Morgan fingerprint density at radius 2 is 1.52 bits per heavy atom. The van der Waals surface area contributed by atoms with Crippen molar-refractivity contribution in [2.75, 3.05) is 22.9 Å². The molecule has 1 fully saturated rings. The number of amides is 2. The quantitative estimate of drug-likeness (QED) is 0.141. The van der Waals surface area contributed by atoms with Crippen LogP contribution in [0.25, 0.3) is 10.8 Å². The third-order valence-corrected chi connectivity index (χ3v) is 8.24. The van der Waals surface area contributed by atoms with Gasteiger partial charge >= 0.3 is 5.97 Å². The van der Waals surface area contributed by atoms with Gasteiger partial charge in [-0.15, -0.1) is 0 Å². The van der Waals surface area contributed by atoms with Crippen molar-refractivity contribution >= 4 is 39.9 Å². The first kappa shape index (κ1) is 25.8. The predicted molar refractivity (Wildman–Crippen MR) is 158 cm³/mol. The van der Waals surface area contributed by atoms with Crippen molar-refractivity contribution in [2.45, 2.75) is 45.4 Å². The van der Waals surface area contributed by atoms with Gasteiger partial charge in [0.15, 0.2) is 0 Å². The largest absolute Gasteiger partial charge is 0.423 e. The first-order chi connectivity index (χ1) is 19.5. The van der Waals surface area contributed by atoms with E-state index in [4.69, 9.17) is 4.74 Å². The SMILES string of the molecule is CCN(CC)c1ccc(C(=O)Oc2cc3c4c(cccc4c2)C(=O)N(c2ccc(C4CCCC4)cc2)C3=O)cc1. The Bertz CT molecular complexity index is 1600. The smallest absolute Gasteiger partial charge is 0.343 e. The van der Waals surface area contributed by atoms with Crippen molar-refractivity contribution in [3.63, 3.8) is 0 Å². The number of imide groups is 1. The van der Waals surface area contributed by atoms with E-state index in [0.717, 1.165) is 18.8 Å². The molecule has 0 saturated heterocycles. The molecule has 0 spiro atoms. The maximum absolute atomic E-state index is 13.8. The van der Waals surface area contributed by atoms with Gasteiger partial charge in [0.25, 0.3) is 11.8 Å². The topological polar surface area (TPSA) is 66.9 Å². The van der Waals surface area contributed by atoms with Crippen LogP contribution in [0.4, 0.5) is 11.4 Å². The van der Waals surface area contributed by atoms with Gasteiger partial charge in [0, 0.05) is 29.7 Å². The molecule has 0 N–H and O–H groups in total. The second-order valence-electron chi connectivity index (χ2n) is 10.5. The molecule has 0 atom stereocenters. The Labute approximate surface area is 234 Å². The minimum absolute atomic E-state index is 0.261. The first-order valence-corrected chi connectivity index (χ1v) is 14.1. The van der Waals surface area contributed by atoms with Crippen LogP contribution in [0.2, 0.25) is 0 Å². The Morgan fingerprint density at radius 3 is 2.20 bits per heavy atom. The van der Waals surface area contributed by atoms with Gasteiger partial charge in [-0.3, -0.25) is 9.59 Å². The van der Waals surface area contributed by atoms with Crippen molar-refractivity contribution < 1.29 is 19.1 Å². The lowest BCUT2D eigenvalue weighted by Gasteiger charge is -2.28. The first-order valence-electron chi connectivity index (χ1n) is 14.1. The molecule has 1 aliphatic heterocycles. The van der Waals surface area contributed by atoms with E-state index in [1.807, 2.05) is 42.5 Å². The number of ether oxygens (including phenoxy) is 1. The molecule has 6 rings (SSSR count). The normalized spacial score (nSPS) is 15.1. The molecule has 2 aliphatic rings. The zero-order valence-electron chi connectivity index (χ0n) is 22.9. The van der Waals surface area contributed by atoms with Crippen LogP contribution in [0, 0.1) is 0 Å². The molecule has 0 unspecified atom stereocenters. The lowest BCUT2D eigenvalue weighted by molar-refractivity contribution is 0.0732. The summed E-state index contributed by atoms with van der Waals surface area (Å²) in [5.41, 5.74) is 4.04. The van der Waals surface area contributed by atoms with Gasteiger partial charge in [-0.2, -0.15) is 0 Å². The van der Waals surface area contributed by atoms with Gasteiger partial charge in [0.1, 0.15) is 5.75 Å². The summed E-state index contributed by atoms with van der Waals surface area (Å²) in [5, 5.41) is 1.26. The summed E-state index contributed by atoms with van der Waals surface area (Å²) >= 11 is 0. The molecule has 6 heteroatoms. The Morgan fingerprint density at radius 1 is 0.850 bits per heavy atom. The minimum Gasteiger partial charge on any atom is -0.423 e. The Kier molecular flexibility index (Phi) is 6.84. The molecule has 4 aromatic carbocycles. The third kappa shape index (κ3) is 4.53. The number of nitrogens with zero attached hydrogens (tertiary/aromatic N) is 2. The summed E-state index contributed by atoms with van der Waals surface area (Å²) in [6.45, 7) is 5.93. The van der Waals surface area contributed by atoms with Gasteiger partial charge in [0.2, 0.25) is 0 Å². The number of benzene rings is 4. The van der Waals surface area contributed by atoms with E-state index in [-0.39, 0.29) is 11.7 Å². The van der Waals surface area contributed by atoms with E-state index < -0.39 is 11.9 Å². The van der Waals surface area contributed by atoms with Crippen molar-refractivity contribution in [3.8, 4) is 5.75 Å². The molecule has 1 aliphatic carbocycles. The molecular formula is C34H32N2O4. The van der Waals surface area contributed by atoms with Crippen LogP contribution >= 0.6 is 0 Å². The van der Waals surface area contributed by atoms with Crippen LogP contribution < -0.4 is 14.5 Å². The van der Waals surface area contributed by atoms with E-state index in [9.17, 15) is 14.4 Å². The number of esters is 1. The highest BCUT2D eigenvalue weighted by atomic mass is 16.5. The molecule has 0 bridgehead atoms. The molecule has 202 valence electrons. The fourth-order valence-corrected chi connectivity index (χ4v) is 6.09. The second-order valence-corrected chi connectivity index (χ2v) is 10.5. The van der Waals surface area contributed by atoms with E-state index in [2.05, 4.69) is 18.7 Å². The molecule has 1 heterocycles. The van der Waals surface area contributed by atoms with E-state index in [1.54, 1.807) is 36.4 Å². The maximum Gasteiger partial charge on any atom is 0.343 e. The molecule has 1 saturated carbocycles. The molecule has 0 aromatic heterocycles. The summed E-state index contributed by atoms with van der Waals surface area (Å²) in [6, 6.07) is 23.7. The van der Waals surface area contributed by atoms with Crippen molar-refractivity contribution in [2.24, 2.45) is 0 Å². The molecule has 6 nitrogen and oxygen atoms in total. The molecule has 40 heavy (non-hydrogen) atoms. The summed E-state index contributed by atoms with van der Waals surface area (Å²) in [6.07, 6.45) is 4.84. The van der Waals surface area contributed by atoms with E-state index >= 15 is 0 Å². The van der Waals surface area contributed by atoms with Gasteiger partial charge in [-0.1, -0.05) is 37.1 Å². The van der Waals surface area contributed by atoms with Crippen molar-refractivity contribution in [1.82, 2.24) is 0 Å². The average molecular weight is 533 g/mol. The van der Waals surface area contributed by atoms with E-state index in [0.29, 0.717) is 39.1 Å². The Hall–Kier alpha value is -4.45. The fourth-order valence-electron chi connectivity index (χ4n) is 6.09. The highest BCUT2D eigenvalue weighted by molar-refractivity contribution is 6.36. The van der Waals surface area contributed by atoms with Crippen LogP contribution in [-0.2, 0) is 0 Å². The molecular weight excluding hydrogens is 500 g/mol. The number of carbonyl (C=O) groups excluding carboxylic acids is 3. The van der Waals surface area contributed by atoms with Gasteiger partial charge in [-0.25, -0.2) is 9.69 Å². The van der Waals surface area contributed by atoms with Crippen molar-refractivity contribution in [1.29, 1.82) is 0 Å². The molecule has 0 radical (unpaired) electrons. The number of carbonyl (C=O) groups is 3. The van der Waals surface area contributed by atoms with Crippen molar-refractivity contribution in [3.05, 3.63) is 101 Å². The zero-order chi connectivity index (χ0) is 27.8. The van der Waals surface area contributed by atoms with Crippen LogP contribution in [0.3, 0.4) is 0 Å².